The topological polar surface area (TPSA) is 85.4 Å². The number of carbonyl (C=O) groups excluding carboxylic acids is 1. The van der Waals surface area contributed by atoms with E-state index in [0.29, 0.717) is 40.1 Å². The first-order valence-corrected chi connectivity index (χ1v) is 8.80. The van der Waals surface area contributed by atoms with Crippen molar-refractivity contribution in [1.29, 1.82) is 0 Å². The summed E-state index contributed by atoms with van der Waals surface area (Å²) in [5.74, 6) is 0.823. The van der Waals surface area contributed by atoms with Gasteiger partial charge in [0, 0.05) is 31.1 Å². The fourth-order valence-electron chi connectivity index (χ4n) is 2.49. The maximum atomic E-state index is 12.2. The Kier molecular flexibility index (Phi) is 6.29. The third-order valence-electron chi connectivity index (χ3n) is 3.95. The van der Waals surface area contributed by atoms with Crippen molar-refractivity contribution in [2.75, 3.05) is 19.5 Å². The van der Waals surface area contributed by atoms with Crippen LogP contribution in [0.25, 0.3) is 0 Å². The lowest BCUT2D eigenvalue weighted by Crippen LogP contribution is -2.23. The van der Waals surface area contributed by atoms with Gasteiger partial charge in [0.1, 0.15) is 17.2 Å². The highest BCUT2D eigenvalue weighted by Gasteiger charge is 2.11. The monoisotopic (exact) mass is 398 g/mol. The zero-order chi connectivity index (χ0) is 19.9. The summed E-state index contributed by atoms with van der Waals surface area (Å²) in [7, 11) is 3.09. The number of amides is 1. The first-order valence-electron chi connectivity index (χ1n) is 8.42. The molecule has 0 atom stereocenters. The van der Waals surface area contributed by atoms with Crippen LogP contribution < -0.4 is 20.1 Å². The highest BCUT2D eigenvalue weighted by molar-refractivity contribution is 6.32. The number of halogens is 1. The third kappa shape index (κ3) is 4.69. The molecule has 7 nitrogen and oxygen atoms in total. The minimum Gasteiger partial charge on any atom is -0.495 e. The summed E-state index contributed by atoms with van der Waals surface area (Å²) in [6.07, 6.45) is 4.93. The third-order valence-corrected chi connectivity index (χ3v) is 4.25. The van der Waals surface area contributed by atoms with E-state index in [2.05, 4.69) is 20.6 Å². The van der Waals surface area contributed by atoms with E-state index < -0.39 is 0 Å². The normalized spacial score (nSPS) is 10.2. The van der Waals surface area contributed by atoms with E-state index in [1.165, 1.54) is 0 Å². The Bertz CT molecular complexity index is 950. The van der Waals surface area contributed by atoms with Crippen molar-refractivity contribution in [2.24, 2.45) is 0 Å². The summed E-state index contributed by atoms with van der Waals surface area (Å²) in [6.45, 7) is 0.408. The van der Waals surface area contributed by atoms with E-state index >= 15 is 0 Å². The van der Waals surface area contributed by atoms with Gasteiger partial charge in [-0.15, -0.1) is 0 Å². The molecule has 1 aromatic carbocycles. The van der Waals surface area contributed by atoms with Crippen LogP contribution in [0.2, 0.25) is 5.02 Å². The highest BCUT2D eigenvalue weighted by atomic mass is 35.5. The minimum absolute atomic E-state index is 0.255. The number of nitrogens with zero attached hydrogens (tertiary/aromatic N) is 2. The van der Waals surface area contributed by atoms with E-state index in [0.717, 1.165) is 5.56 Å². The molecule has 0 radical (unpaired) electrons. The number of nitrogens with one attached hydrogen (secondary N) is 2. The molecule has 0 aliphatic rings. The van der Waals surface area contributed by atoms with Gasteiger partial charge in [0.2, 0.25) is 0 Å². The van der Waals surface area contributed by atoms with Gasteiger partial charge in [-0.1, -0.05) is 11.6 Å². The molecular weight excluding hydrogens is 380 g/mol. The zero-order valence-corrected chi connectivity index (χ0v) is 16.2. The predicted molar refractivity (Wildman–Crippen MR) is 107 cm³/mol. The Morgan fingerprint density at radius 3 is 2.46 bits per heavy atom. The zero-order valence-electron chi connectivity index (χ0n) is 15.4. The fourth-order valence-corrected chi connectivity index (χ4v) is 2.72. The number of benzene rings is 1. The van der Waals surface area contributed by atoms with E-state index in [1.54, 1.807) is 57.1 Å². The van der Waals surface area contributed by atoms with Crippen LogP contribution in [0.5, 0.6) is 11.5 Å². The summed E-state index contributed by atoms with van der Waals surface area (Å²) in [5.41, 5.74) is 2.64. The SMILES string of the molecule is COc1cc(Nc2ccc(C(=O)NCc3ccncc3)nc2)c(OC)cc1Cl. The van der Waals surface area contributed by atoms with Crippen molar-refractivity contribution < 1.29 is 14.3 Å². The fraction of sp³-hybridized carbons (Fsp3) is 0.150. The largest absolute Gasteiger partial charge is 0.495 e. The lowest BCUT2D eigenvalue weighted by Gasteiger charge is -2.14. The number of aromatic nitrogens is 2. The van der Waals surface area contributed by atoms with Gasteiger partial charge in [-0.3, -0.25) is 9.78 Å². The number of hydrogen-bond acceptors (Lipinski definition) is 6. The number of rotatable bonds is 7. The summed E-state index contributed by atoms with van der Waals surface area (Å²) in [6, 6.07) is 10.5. The Labute approximate surface area is 167 Å². The van der Waals surface area contributed by atoms with Gasteiger partial charge in [-0.2, -0.15) is 0 Å². The van der Waals surface area contributed by atoms with Crippen molar-refractivity contribution in [2.45, 2.75) is 6.54 Å². The number of pyridine rings is 2. The Balaban J connectivity index is 1.68. The summed E-state index contributed by atoms with van der Waals surface area (Å²) >= 11 is 6.12. The molecule has 1 amide bonds. The molecule has 0 saturated carbocycles. The quantitative estimate of drug-likeness (QED) is 0.629. The molecule has 2 heterocycles. The van der Waals surface area contributed by atoms with Crippen LogP contribution in [-0.4, -0.2) is 30.1 Å². The molecule has 2 N–H and O–H groups in total. The molecule has 28 heavy (non-hydrogen) atoms. The van der Waals surface area contributed by atoms with Crippen LogP contribution in [0.4, 0.5) is 11.4 Å². The molecule has 0 unspecified atom stereocenters. The second kappa shape index (κ2) is 9.05. The lowest BCUT2D eigenvalue weighted by atomic mass is 10.2. The second-order valence-corrected chi connectivity index (χ2v) is 6.19. The maximum absolute atomic E-state index is 12.2. The molecule has 0 aliphatic heterocycles. The average molecular weight is 399 g/mol. The van der Waals surface area contributed by atoms with Gasteiger partial charge >= 0.3 is 0 Å². The molecule has 3 rings (SSSR count). The molecule has 0 bridgehead atoms. The van der Waals surface area contributed by atoms with Crippen molar-refractivity contribution >= 4 is 28.9 Å². The van der Waals surface area contributed by atoms with Crippen LogP contribution in [0.1, 0.15) is 16.1 Å². The van der Waals surface area contributed by atoms with Gasteiger partial charge in [-0.05, 0) is 29.8 Å². The second-order valence-electron chi connectivity index (χ2n) is 5.78. The number of ether oxygens (including phenoxy) is 2. The van der Waals surface area contributed by atoms with Crippen LogP contribution in [0.3, 0.4) is 0 Å². The van der Waals surface area contributed by atoms with Gasteiger partial charge in [-0.25, -0.2) is 4.98 Å². The van der Waals surface area contributed by atoms with E-state index in [1.807, 2.05) is 12.1 Å². The van der Waals surface area contributed by atoms with Crippen molar-refractivity contribution in [3.8, 4) is 11.5 Å². The number of carbonyl (C=O) groups is 1. The van der Waals surface area contributed by atoms with Gasteiger partial charge < -0.3 is 20.1 Å². The molecule has 0 saturated heterocycles. The van der Waals surface area contributed by atoms with E-state index in [9.17, 15) is 4.79 Å². The summed E-state index contributed by atoms with van der Waals surface area (Å²) in [5, 5.41) is 6.46. The molecule has 0 aliphatic carbocycles. The molecule has 3 aromatic rings. The average Bonchev–Trinajstić information content (AvgIpc) is 2.74. The molecule has 8 heteroatoms. The van der Waals surface area contributed by atoms with Crippen LogP contribution in [0.15, 0.2) is 55.0 Å². The Morgan fingerprint density at radius 2 is 1.82 bits per heavy atom. The van der Waals surface area contributed by atoms with Gasteiger partial charge in [0.25, 0.3) is 5.91 Å². The Morgan fingerprint density at radius 1 is 1.07 bits per heavy atom. The van der Waals surface area contributed by atoms with Crippen molar-refractivity contribution in [3.63, 3.8) is 0 Å². The van der Waals surface area contributed by atoms with E-state index in [4.69, 9.17) is 21.1 Å². The van der Waals surface area contributed by atoms with Crippen molar-refractivity contribution in [3.05, 3.63) is 71.3 Å². The van der Waals surface area contributed by atoms with Gasteiger partial charge in [0.15, 0.2) is 0 Å². The number of hydrogen-bond donors (Lipinski definition) is 2. The number of anilines is 2. The molecule has 144 valence electrons. The van der Waals surface area contributed by atoms with Gasteiger partial charge in [0.05, 0.1) is 36.8 Å². The summed E-state index contributed by atoms with van der Waals surface area (Å²) in [4.78, 5) is 20.4. The first kappa shape index (κ1) is 19.4. The molecular formula is C20H19ClN4O3. The lowest BCUT2D eigenvalue weighted by molar-refractivity contribution is 0.0946. The van der Waals surface area contributed by atoms with Crippen LogP contribution >= 0.6 is 11.6 Å². The molecule has 0 fully saturated rings. The smallest absolute Gasteiger partial charge is 0.270 e. The first-order chi connectivity index (χ1) is 13.6. The molecule has 0 spiro atoms. The maximum Gasteiger partial charge on any atom is 0.270 e. The molecule has 2 aromatic heterocycles. The highest BCUT2D eigenvalue weighted by Crippen LogP contribution is 2.37. The minimum atomic E-state index is -0.255. The van der Waals surface area contributed by atoms with E-state index in [-0.39, 0.29) is 5.91 Å². The Hall–Kier alpha value is -3.32. The van der Waals surface area contributed by atoms with Crippen LogP contribution in [0, 0.1) is 0 Å². The van der Waals surface area contributed by atoms with Crippen LogP contribution in [-0.2, 0) is 6.54 Å². The predicted octanol–water partition coefficient (Wildman–Crippen LogP) is 3.82. The standard InChI is InChI=1S/C20H19ClN4O3/c1-27-18-10-17(19(28-2)9-15(18)21)25-14-3-4-16(23-12-14)20(26)24-11-13-5-7-22-8-6-13/h3-10,12,25H,11H2,1-2H3,(H,24,26). The van der Waals surface area contributed by atoms with Crippen molar-refractivity contribution in [1.82, 2.24) is 15.3 Å². The summed E-state index contributed by atoms with van der Waals surface area (Å²) < 4.78 is 10.6. The number of methoxy groups -OCH3 is 2.